The van der Waals surface area contributed by atoms with Gasteiger partial charge < -0.3 is 10.3 Å². The van der Waals surface area contributed by atoms with E-state index in [2.05, 4.69) is 27.4 Å². The van der Waals surface area contributed by atoms with Crippen molar-refractivity contribution in [3.63, 3.8) is 0 Å². The van der Waals surface area contributed by atoms with Crippen LogP contribution in [0.3, 0.4) is 0 Å². The largest absolute Gasteiger partial charge is 0.383 e. The minimum Gasteiger partial charge on any atom is -0.383 e. The lowest BCUT2D eigenvalue weighted by molar-refractivity contribution is -0.120. The van der Waals surface area contributed by atoms with E-state index in [0.717, 1.165) is 37.2 Å². The first-order valence-electron chi connectivity index (χ1n) is 11.8. The fourth-order valence-electron chi connectivity index (χ4n) is 4.54. The molecule has 3 heterocycles. The van der Waals surface area contributed by atoms with Gasteiger partial charge in [-0.25, -0.2) is 4.79 Å². The Morgan fingerprint density at radius 3 is 2.65 bits per heavy atom. The first-order valence-corrected chi connectivity index (χ1v) is 11.8. The van der Waals surface area contributed by atoms with Crippen molar-refractivity contribution in [1.29, 1.82) is 0 Å². The van der Waals surface area contributed by atoms with Crippen molar-refractivity contribution in [1.82, 2.24) is 19.0 Å². The molecule has 9 heteroatoms. The third-order valence-corrected chi connectivity index (χ3v) is 6.51. The van der Waals surface area contributed by atoms with E-state index in [1.807, 2.05) is 49.5 Å². The standard InChI is InChI=1S/C25H32N6O3/c1-3-4-13-30-23(26)22(24(33)27-25(30)34)31(16-19-9-6-5-7-10-19)21(32)17-29-15-14-28-12-8-11-20(28)18(29)2/h5-12,18H,3-4,13-17,26H2,1-2H3,(H,27,33,34)/t18-/m1/s1. The van der Waals surface area contributed by atoms with Crippen LogP contribution >= 0.6 is 0 Å². The molecule has 0 saturated carbocycles. The number of benzene rings is 1. The molecule has 9 nitrogen and oxygen atoms in total. The number of rotatable bonds is 8. The molecule has 1 atom stereocenters. The number of carbonyl (C=O) groups is 1. The minimum absolute atomic E-state index is 0.0204. The maximum Gasteiger partial charge on any atom is 0.330 e. The van der Waals surface area contributed by atoms with Crippen LogP contribution in [-0.2, 0) is 24.4 Å². The second-order valence-electron chi connectivity index (χ2n) is 8.74. The lowest BCUT2D eigenvalue weighted by Crippen LogP contribution is -2.47. The molecule has 1 aliphatic heterocycles. The van der Waals surface area contributed by atoms with Crippen LogP contribution in [0.2, 0.25) is 0 Å². The van der Waals surface area contributed by atoms with Crippen molar-refractivity contribution >= 4 is 17.4 Å². The predicted octanol–water partition coefficient (Wildman–Crippen LogP) is 2.33. The zero-order chi connectivity index (χ0) is 24.2. The number of H-pyrrole nitrogens is 1. The summed E-state index contributed by atoms with van der Waals surface area (Å²) in [6, 6.07) is 13.6. The second-order valence-corrected chi connectivity index (χ2v) is 8.74. The van der Waals surface area contributed by atoms with Gasteiger partial charge in [0.1, 0.15) is 5.82 Å². The van der Waals surface area contributed by atoms with E-state index >= 15 is 0 Å². The van der Waals surface area contributed by atoms with E-state index in [1.54, 1.807) is 0 Å². The Balaban J connectivity index is 1.70. The maximum absolute atomic E-state index is 13.7. The molecule has 1 aliphatic rings. The Hall–Kier alpha value is -3.59. The Morgan fingerprint density at radius 2 is 1.91 bits per heavy atom. The molecule has 0 spiro atoms. The van der Waals surface area contributed by atoms with Gasteiger partial charge in [0.25, 0.3) is 5.56 Å². The zero-order valence-electron chi connectivity index (χ0n) is 19.7. The summed E-state index contributed by atoms with van der Waals surface area (Å²) >= 11 is 0. The van der Waals surface area contributed by atoms with E-state index in [1.165, 1.54) is 9.47 Å². The van der Waals surface area contributed by atoms with Crippen molar-refractivity contribution in [3.8, 4) is 0 Å². The summed E-state index contributed by atoms with van der Waals surface area (Å²) < 4.78 is 3.54. The highest BCUT2D eigenvalue weighted by molar-refractivity contribution is 5.96. The lowest BCUT2D eigenvalue weighted by atomic mass is 10.1. The number of anilines is 2. The number of unbranched alkanes of at least 4 members (excludes halogenated alkanes) is 1. The van der Waals surface area contributed by atoms with Gasteiger partial charge >= 0.3 is 5.69 Å². The fourth-order valence-corrected chi connectivity index (χ4v) is 4.54. The van der Waals surface area contributed by atoms with Gasteiger partial charge in [-0.2, -0.15) is 0 Å². The van der Waals surface area contributed by atoms with Crippen LogP contribution in [0.1, 0.15) is 44.0 Å². The number of fused-ring (bicyclic) bond motifs is 1. The van der Waals surface area contributed by atoms with Crippen LogP contribution in [0.15, 0.2) is 58.3 Å². The average Bonchev–Trinajstić information content (AvgIpc) is 3.30. The van der Waals surface area contributed by atoms with Crippen molar-refractivity contribution < 1.29 is 4.79 Å². The van der Waals surface area contributed by atoms with Crippen LogP contribution in [0.4, 0.5) is 11.5 Å². The molecule has 0 unspecified atom stereocenters. The van der Waals surface area contributed by atoms with E-state index in [-0.39, 0.29) is 36.5 Å². The number of hydrogen-bond donors (Lipinski definition) is 2. The van der Waals surface area contributed by atoms with E-state index in [0.29, 0.717) is 6.54 Å². The first kappa shape index (κ1) is 23.6. The van der Waals surface area contributed by atoms with Gasteiger partial charge in [0.2, 0.25) is 5.91 Å². The molecule has 0 fully saturated rings. The Kier molecular flexibility index (Phi) is 7.02. The van der Waals surface area contributed by atoms with E-state index in [9.17, 15) is 14.4 Å². The Morgan fingerprint density at radius 1 is 1.15 bits per heavy atom. The van der Waals surface area contributed by atoms with Gasteiger partial charge in [-0.05, 0) is 31.0 Å². The SMILES string of the molecule is CCCCn1c(N)c(N(Cc2ccccc2)C(=O)CN2CCn3cccc3[C@H]2C)c(=O)[nH]c1=O. The molecular weight excluding hydrogens is 432 g/mol. The lowest BCUT2D eigenvalue weighted by Gasteiger charge is -2.35. The summed E-state index contributed by atoms with van der Waals surface area (Å²) in [5.41, 5.74) is 7.19. The molecule has 0 saturated heterocycles. The van der Waals surface area contributed by atoms with Crippen molar-refractivity contribution in [2.75, 3.05) is 23.7 Å². The summed E-state index contributed by atoms with van der Waals surface area (Å²) in [4.78, 5) is 45.0. The number of nitrogens with one attached hydrogen (secondary N) is 1. The predicted molar refractivity (Wildman–Crippen MR) is 133 cm³/mol. The molecular formula is C25H32N6O3. The van der Waals surface area contributed by atoms with Crippen LogP contribution in [-0.4, -0.2) is 38.0 Å². The highest BCUT2D eigenvalue weighted by atomic mass is 16.2. The number of nitrogens with two attached hydrogens (primary N) is 1. The smallest absolute Gasteiger partial charge is 0.330 e. The van der Waals surface area contributed by atoms with Crippen LogP contribution < -0.4 is 21.9 Å². The summed E-state index contributed by atoms with van der Waals surface area (Å²) in [5.74, 6) is -0.222. The van der Waals surface area contributed by atoms with Crippen molar-refractivity contribution in [2.45, 2.75) is 52.4 Å². The summed E-state index contributed by atoms with van der Waals surface area (Å²) in [7, 11) is 0. The molecule has 1 aromatic carbocycles. The number of aromatic nitrogens is 3. The zero-order valence-corrected chi connectivity index (χ0v) is 19.7. The number of hydrogen-bond acceptors (Lipinski definition) is 5. The highest BCUT2D eigenvalue weighted by Gasteiger charge is 2.30. The monoisotopic (exact) mass is 464 g/mol. The third kappa shape index (κ3) is 4.70. The molecule has 2 aromatic heterocycles. The molecule has 1 amide bonds. The topological polar surface area (TPSA) is 109 Å². The molecule has 34 heavy (non-hydrogen) atoms. The number of nitrogen functional groups attached to an aromatic ring is 1. The minimum atomic E-state index is -0.653. The Labute approximate surface area is 198 Å². The first-order chi connectivity index (χ1) is 16.4. The van der Waals surface area contributed by atoms with Gasteiger partial charge in [0.05, 0.1) is 13.1 Å². The normalized spacial score (nSPS) is 15.8. The van der Waals surface area contributed by atoms with Crippen molar-refractivity contribution in [3.05, 3.63) is 80.8 Å². The summed E-state index contributed by atoms with van der Waals surface area (Å²) in [5, 5.41) is 0. The molecule has 4 rings (SSSR count). The van der Waals surface area contributed by atoms with Gasteiger partial charge in [0.15, 0.2) is 5.69 Å². The average molecular weight is 465 g/mol. The molecule has 0 radical (unpaired) electrons. The van der Waals surface area contributed by atoms with Gasteiger partial charge in [-0.15, -0.1) is 0 Å². The number of carbonyl (C=O) groups excluding carboxylic acids is 1. The van der Waals surface area contributed by atoms with Gasteiger partial charge in [-0.1, -0.05) is 43.7 Å². The third-order valence-electron chi connectivity index (χ3n) is 6.51. The molecule has 0 aliphatic carbocycles. The van der Waals surface area contributed by atoms with Crippen LogP contribution in [0, 0.1) is 0 Å². The number of aromatic amines is 1. The Bertz CT molecular complexity index is 1260. The molecule has 0 bridgehead atoms. The van der Waals surface area contributed by atoms with Crippen LogP contribution in [0.25, 0.3) is 0 Å². The summed E-state index contributed by atoms with van der Waals surface area (Å²) in [6.45, 7) is 6.28. The quantitative estimate of drug-likeness (QED) is 0.532. The molecule has 3 N–H and O–H groups in total. The second kappa shape index (κ2) is 10.1. The number of nitrogens with zero attached hydrogens (tertiary/aromatic N) is 4. The van der Waals surface area contributed by atoms with Gasteiger partial charge in [0, 0.05) is 37.6 Å². The van der Waals surface area contributed by atoms with E-state index in [4.69, 9.17) is 5.73 Å². The number of amides is 1. The summed E-state index contributed by atoms with van der Waals surface area (Å²) in [6.07, 6.45) is 3.64. The fraction of sp³-hybridized carbons (Fsp3) is 0.400. The van der Waals surface area contributed by atoms with Gasteiger partial charge in [-0.3, -0.25) is 28.9 Å². The van der Waals surface area contributed by atoms with Crippen LogP contribution in [0.5, 0.6) is 0 Å². The van der Waals surface area contributed by atoms with E-state index < -0.39 is 11.2 Å². The maximum atomic E-state index is 13.7. The molecule has 3 aromatic rings. The molecule has 180 valence electrons. The highest BCUT2D eigenvalue weighted by Crippen LogP contribution is 2.26. The van der Waals surface area contributed by atoms with Crippen molar-refractivity contribution in [2.24, 2.45) is 0 Å².